The van der Waals surface area contributed by atoms with Gasteiger partial charge in [-0.15, -0.1) is 0 Å². The highest BCUT2D eigenvalue weighted by Crippen LogP contribution is 2.36. The number of rotatable bonds is 5. The van der Waals surface area contributed by atoms with Gasteiger partial charge in [-0.2, -0.15) is 5.10 Å². The van der Waals surface area contributed by atoms with Crippen molar-refractivity contribution in [1.29, 1.82) is 0 Å². The summed E-state index contributed by atoms with van der Waals surface area (Å²) < 4.78 is 3.07. The fourth-order valence-electron chi connectivity index (χ4n) is 3.11. The standard InChI is InChI=1S/C14H25BrN4/c1-5-16-13(12-11(15)10-17-18(12)4)14(2,3)19-8-6-7-9-19/h10,13,16H,5-9H2,1-4H3. The molecule has 0 aliphatic carbocycles. The third-order valence-corrected chi connectivity index (χ3v) is 4.86. The minimum absolute atomic E-state index is 0.0861. The zero-order chi connectivity index (χ0) is 14.0. The van der Waals surface area contributed by atoms with Gasteiger partial charge in [0.2, 0.25) is 0 Å². The molecule has 1 aliphatic rings. The van der Waals surface area contributed by atoms with Crippen molar-refractivity contribution < 1.29 is 0 Å². The summed E-state index contributed by atoms with van der Waals surface area (Å²) in [7, 11) is 2.02. The van der Waals surface area contributed by atoms with E-state index in [0.717, 1.165) is 11.0 Å². The lowest BCUT2D eigenvalue weighted by Gasteiger charge is -2.42. The van der Waals surface area contributed by atoms with Gasteiger partial charge in [-0.25, -0.2) is 0 Å². The van der Waals surface area contributed by atoms with Gasteiger partial charge in [0.25, 0.3) is 0 Å². The molecule has 0 radical (unpaired) electrons. The topological polar surface area (TPSA) is 33.1 Å². The Labute approximate surface area is 124 Å². The molecule has 0 amide bonds. The predicted octanol–water partition coefficient (Wildman–Crippen LogP) is 2.71. The van der Waals surface area contributed by atoms with Gasteiger partial charge in [0.15, 0.2) is 0 Å². The van der Waals surface area contributed by atoms with Gasteiger partial charge >= 0.3 is 0 Å². The lowest BCUT2D eigenvalue weighted by atomic mass is 9.90. The summed E-state index contributed by atoms with van der Waals surface area (Å²) in [6.45, 7) is 10.2. The highest BCUT2D eigenvalue weighted by atomic mass is 79.9. The van der Waals surface area contributed by atoms with Crippen molar-refractivity contribution in [3.05, 3.63) is 16.4 Å². The van der Waals surface area contributed by atoms with Crippen molar-refractivity contribution in [2.24, 2.45) is 7.05 Å². The second kappa shape index (κ2) is 5.94. The largest absolute Gasteiger partial charge is 0.307 e. The molecule has 5 heteroatoms. The Kier molecular flexibility index (Phi) is 4.69. The molecule has 19 heavy (non-hydrogen) atoms. The van der Waals surface area contributed by atoms with Crippen molar-refractivity contribution in [1.82, 2.24) is 20.0 Å². The molecule has 108 valence electrons. The summed E-state index contributed by atoms with van der Waals surface area (Å²) in [5.74, 6) is 0. The van der Waals surface area contributed by atoms with E-state index >= 15 is 0 Å². The second-order valence-corrected chi connectivity index (χ2v) is 6.69. The van der Waals surface area contributed by atoms with Crippen LogP contribution >= 0.6 is 15.9 Å². The van der Waals surface area contributed by atoms with Crippen LogP contribution < -0.4 is 5.32 Å². The molecule has 4 nitrogen and oxygen atoms in total. The smallest absolute Gasteiger partial charge is 0.0711 e. The first kappa shape index (κ1) is 15.0. The number of hydrogen-bond acceptors (Lipinski definition) is 3. The minimum atomic E-state index is 0.0861. The second-order valence-electron chi connectivity index (χ2n) is 5.84. The van der Waals surface area contributed by atoms with Gasteiger partial charge in [0.1, 0.15) is 0 Å². The molecule has 1 N–H and O–H groups in total. The van der Waals surface area contributed by atoms with E-state index in [9.17, 15) is 0 Å². The third-order valence-electron chi connectivity index (χ3n) is 4.25. The van der Waals surface area contributed by atoms with Crippen LogP contribution in [-0.2, 0) is 7.05 Å². The summed E-state index contributed by atoms with van der Waals surface area (Å²) in [6.07, 6.45) is 4.52. The average Bonchev–Trinajstić information content (AvgIpc) is 2.98. The Morgan fingerprint density at radius 3 is 2.53 bits per heavy atom. The number of aromatic nitrogens is 2. The van der Waals surface area contributed by atoms with Gasteiger partial charge < -0.3 is 5.32 Å². The first-order valence-electron chi connectivity index (χ1n) is 7.14. The number of nitrogens with one attached hydrogen (secondary N) is 1. The van der Waals surface area contributed by atoms with Gasteiger partial charge in [-0.1, -0.05) is 6.92 Å². The van der Waals surface area contributed by atoms with Crippen LogP contribution in [-0.4, -0.2) is 39.9 Å². The van der Waals surface area contributed by atoms with Crippen molar-refractivity contribution in [3.63, 3.8) is 0 Å². The predicted molar refractivity (Wildman–Crippen MR) is 82.2 cm³/mol. The molecule has 2 heterocycles. The number of likely N-dealkylation sites (N-methyl/N-ethyl adjacent to an activating group) is 1. The van der Waals surface area contributed by atoms with E-state index < -0.39 is 0 Å². The molecular weight excluding hydrogens is 304 g/mol. The Hall–Kier alpha value is -0.390. The maximum atomic E-state index is 4.37. The molecule has 1 unspecified atom stereocenters. The molecule has 1 fully saturated rings. The van der Waals surface area contributed by atoms with Crippen LogP contribution in [0.25, 0.3) is 0 Å². The van der Waals surface area contributed by atoms with Gasteiger partial charge in [0, 0.05) is 12.6 Å². The summed E-state index contributed by atoms with van der Waals surface area (Å²) in [5, 5.41) is 8.02. The van der Waals surface area contributed by atoms with Crippen LogP contribution in [0.3, 0.4) is 0 Å². The number of halogens is 1. The quantitative estimate of drug-likeness (QED) is 0.902. The number of hydrogen-bond donors (Lipinski definition) is 1. The number of aryl methyl sites for hydroxylation is 1. The number of likely N-dealkylation sites (tertiary alicyclic amines) is 1. The number of nitrogens with zero attached hydrogens (tertiary/aromatic N) is 3. The Balaban J connectivity index is 2.33. The Bertz CT molecular complexity index is 402. The molecule has 1 aliphatic heterocycles. The third kappa shape index (κ3) is 2.88. The molecule has 0 saturated carbocycles. The first-order valence-corrected chi connectivity index (χ1v) is 7.93. The van der Waals surface area contributed by atoms with Crippen LogP contribution in [0.1, 0.15) is 45.3 Å². The van der Waals surface area contributed by atoms with Crippen LogP contribution in [0.15, 0.2) is 10.7 Å². The molecule has 0 aromatic carbocycles. The molecule has 1 aromatic heterocycles. The van der Waals surface area contributed by atoms with E-state index in [4.69, 9.17) is 0 Å². The molecule has 0 bridgehead atoms. The van der Waals surface area contributed by atoms with Crippen molar-refractivity contribution in [2.45, 2.75) is 45.2 Å². The molecular formula is C14H25BrN4. The van der Waals surface area contributed by atoms with Crippen LogP contribution in [0, 0.1) is 0 Å². The fraction of sp³-hybridized carbons (Fsp3) is 0.786. The van der Waals surface area contributed by atoms with Crippen LogP contribution in [0.2, 0.25) is 0 Å². The Morgan fingerprint density at radius 1 is 1.42 bits per heavy atom. The SMILES string of the molecule is CCNC(c1c(Br)cnn1C)C(C)(C)N1CCCC1. The van der Waals surface area contributed by atoms with E-state index in [1.54, 1.807) is 0 Å². The average molecular weight is 329 g/mol. The van der Waals surface area contributed by atoms with Crippen molar-refractivity contribution in [3.8, 4) is 0 Å². The highest BCUT2D eigenvalue weighted by Gasteiger charge is 2.39. The Morgan fingerprint density at radius 2 is 2.05 bits per heavy atom. The molecule has 1 aromatic rings. The van der Waals surface area contributed by atoms with Gasteiger partial charge in [0.05, 0.1) is 22.4 Å². The van der Waals surface area contributed by atoms with Gasteiger partial charge in [-0.3, -0.25) is 9.58 Å². The summed E-state index contributed by atoms with van der Waals surface area (Å²) in [6, 6.07) is 0.275. The normalized spacial score (nSPS) is 19.0. The summed E-state index contributed by atoms with van der Waals surface area (Å²) >= 11 is 3.65. The van der Waals surface area contributed by atoms with Gasteiger partial charge in [-0.05, 0) is 62.3 Å². The monoisotopic (exact) mass is 328 g/mol. The van der Waals surface area contributed by atoms with Crippen molar-refractivity contribution >= 4 is 15.9 Å². The maximum Gasteiger partial charge on any atom is 0.0711 e. The summed E-state index contributed by atoms with van der Waals surface area (Å²) in [5.41, 5.74) is 1.32. The molecule has 0 spiro atoms. The van der Waals surface area contributed by atoms with E-state index in [1.165, 1.54) is 31.6 Å². The lowest BCUT2D eigenvalue weighted by Crippen LogP contribution is -2.52. The van der Waals surface area contributed by atoms with E-state index in [2.05, 4.69) is 52.0 Å². The molecule has 1 atom stereocenters. The van der Waals surface area contributed by atoms with Crippen LogP contribution in [0.4, 0.5) is 0 Å². The fourth-order valence-corrected chi connectivity index (χ4v) is 3.68. The van der Waals surface area contributed by atoms with E-state index in [1.807, 2.05) is 17.9 Å². The van der Waals surface area contributed by atoms with Crippen molar-refractivity contribution in [2.75, 3.05) is 19.6 Å². The summed E-state index contributed by atoms with van der Waals surface area (Å²) in [4.78, 5) is 2.60. The molecule has 2 rings (SSSR count). The first-order chi connectivity index (χ1) is 8.98. The minimum Gasteiger partial charge on any atom is -0.307 e. The van der Waals surface area contributed by atoms with Crippen LogP contribution in [0.5, 0.6) is 0 Å². The maximum absolute atomic E-state index is 4.37. The zero-order valence-electron chi connectivity index (χ0n) is 12.4. The zero-order valence-corrected chi connectivity index (χ0v) is 14.0. The highest BCUT2D eigenvalue weighted by molar-refractivity contribution is 9.10. The van der Waals surface area contributed by atoms with E-state index in [0.29, 0.717) is 0 Å². The molecule has 1 saturated heterocycles. The van der Waals surface area contributed by atoms with E-state index in [-0.39, 0.29) is 11.6 Å². The lowest BCUT2D eigenvalue weighted by molar-refractivity contribution is 0.103.